The van der Waals surface area contributed by atoms with Gasteiger partial charge in [0, 0.05) is 25.2 Å². The van der Waals surface area contributed by atoms with Crippen molar-refractivity contribution in [2.45, 2.75) is 51.1 Å². The summed E-state index contributed by atoms with van der Waals surface area (Å²) in [5, 5.41) is 3.73. The lowest BCUT2D eigenvalue weighted by Crippen LogP contribution is -2.44. The summed E-state index contributed by atoms with van der Waals surface area (Å²) in [6.07, 6.45) is 6.42. The zero-order chi connectivity index (χ0) is 14.7. The molecule has 0 aromatic heterocycles. The molecule has 1 aliphatic carbocycles. The Morgan fingerprint density at radius 2 is 1.81 bits per heavy atom. The molecule has 0 radical (unpaired) electrons. The van der Waals surface area contributed by atoms with E-state index >= 15 is 0 Å². The van der Waals surface area contributed by atoms with Crippen molar-refractivity contribution < 1.29 is 4.39 Å². The van der Waals surface area contributed by atoms with Gasteiger partial charge in [0.2, 0.25) is 0 Å². The van der Waals surface area contributed by atoms with Crippen LogP contribution in [0.15, 0.2) is 24.3 Å². The predicted molar refractivity (Wildman–Crippen MR) is 84.8 cm³/mol. The molecule has 0 amide bonds. The van der Waals surface area contributed by atoms with E-state index in [0.29, 0.717) is 12.1 Å². The summed E-state index contributed by atoms with van der Waals surface area (Å²) in [6.45, 7) is 5.75. The summed E-state index contributed by atoms with van der Waals surface area (Å²) in [4.78, 5) is 2.57. The highest BCUT2D eigenvalue weighted by molar-refractivity contribution is 5.20. The molecular weight excluding hydrogens is 263 g/mol. The lowest BCUT2D eigenvalue weighted by atomic mass is 9.97. The number of halogens is 1. The maximum absolute atomic E-state index is 13.1. The molecule has 21 heavy (non-hydrogen) atoms. The van der Waals surface area contributed by atoms with Crippen molar-refractivity contribution in [3.05, 3.63) is 35.6 Å². The lowest BCUT2D eigenvalue weighted by molar-refractivity contribution is 0.139. The zero-order valence-electron chi connectivity index (χ0n) is 13.0. The summed E-state index contributed by atoms with van der Waals surface area (Å²) in [6, 6.07) is 8.20. The van der Waals surface area contributed by atoms with E-state index in [1.165, 1.54) is 37.8 Å². The summed E-state index contributed by atoms with van der Waals surface area (Å²) >= 11 is 0. The van der Waals surface area contributed by atoms with Gasteiger partial charge in [0.05, 0.1) is 0 Å². The van der Waals surface area contributed by atoms with Crippen LogP contribution in [0, 0.1) is 11.7 Å². The van der Waals surface area contributed by atoms with Gasteiger partial charge in [-0.1, -0.05) is 19.1 Å². The molecule has 1 unspecified atom stereocenters. The van der Waals surface area contributed by atoms with Crippen LogP contribution in [0.5, 0.6) is 0 Å². The van der Waals surface area contributed by atoms with Crippen LogP contribution in [0.3, 0.4) is 0 Å². The van der Waals surface area contributed by atoms with E-state index in [1.54, 1.807) is 12.1 Å². The summed E-state index contributed by atoms with van der Waals surface area (Å²) in [7, 11) is 0. The van der Waals surface area contributed by atoms with Crippen molar-refractivity contribution in [1.82, 2.24) is 10.2 Å². The van der Waals surface area contributed by atoms with Crippen LogP contribution in [0.25, 0.3) is 0 Å². The number of nitrogens with zero attached hydrogens (tertiary/aromatic N) is 1. The molecule has 1 saturated carbocycles. The van der Waals surface area contributed by atoms with Gasteiger partial charge in [0.1, 0.15) is 5.82 Å². The van der Waals surface area contributed by atoms with Crippen molar-refractivity contribution in [2.75, 3.05) is 19.6 Å². The molecule has 1 saturated heterocycles. The first-order valence-corrected chi connectivity index (χ1v) is 8.49. The Morgan fingerprint density at radius 1 is 1.14 bits per heavy atom. The van der Waals surface area contributed by atoms with Crippen LogP contribution >= 0.6 is 0 Å². The number of nitrogens with one attached hydrogen (secondary N) is 1. The standard InChI is InChI=1S/C18H27FN2/c1-2-18(15-5-7-16(19)8-6-15)21-11-9-17(10-12-21)20-13-14-3-4-14/h5-8,14,17-18,20H,2-4,9-13H2,1H3. The number of benzene rings is 1. The molecule has 2 nitrogen and oxygen atoms in total. The Balaban J connectivity index is 1.52. The molecule has 1 heterocycles. The highest BCUT2D eigenvalue weighted by Gasteiger charge is 2.27. The third-order valence-electron chi connectivity index (χ3n) is 5.00. The molecule has 1 aliphatic heterocycles. The van der Waals surface area contributed by atoms with Gasteiger partial charge < -0.3 is 5.32 Å². The van der Waals surface area contributed by atoms with Gasteiger partial charge in [-0.15, -0.1) is 0 Å². The third-order valence-corrected chi connectivity index (χ3v) is 5.00. The van der Waals surface area contributed by atoms with E-state index in [0.717, 1.165) is 25.4 Å². The van der Waals surface area contributed by atoms with Crippen LogP contribution < -0.4 is 5.32 Å². The first-order valence-electron chi connectivity index (χ1n) is 8.49. The fourth-order valence-electron chi connectivity index (χ4n) is 3.46. The third kappa shape index (κ3) is 4.04. The van der Waals surface area contributed by atoms with Gasteiger partial charge >= 0.3 is 0 Å². The van der Waals surface area contributed by atoms with E-state index < -0.39 is 0 Å². The Hall–Kier alpha value is -0.930. The first kappa shape index (κ1) is 15.0. The number of hydrogen-bond donors (Lipinski definition) is 1. The summed E-state index contributed by atoms with van der Waals surface area (Å²) in [5.41, 5.74) is 1.25. The second-order valence-corrected chi connectivity index (χ2v) is 6.64. The fraction of sp³-hybridized carbons (Fsp3) is 0.667. The zero-order valence-corrected chi connectivity index (χ0v) is 13.0. The smallest absolute Gasteiger partial charge is 0.123 e. The lowest BCUT2D eigenvalue weighted by Gasteiger charge is -2.38. The van der Waals surface area contributed by atoms with Crippen molar-refractivity contribution in [3.63, 3.8) is 0 Å². The van der Waals surface area contributed by atoms with Crippen molar-refractivity contribution in [3.8, 4) is 0 Å². The molecule has 3 rings (SSSR count). The van der Waals surface area contributed by atoms with Gasteiger partial charge in [-0.3, -0.25) is 4.90 Å². The number of hydrogen-bond acceptors (Lipinski definition) is 2. The predicted octanol–water partition coefficient (Wildman–Crippen LogP) is 3.74. The van der Waals surface area contributed by atoms with Crippen LogP contribution in [-0.2, 0) is 0 Å². The van der Waals surface area contributed by atoms with Crippen molar-refractivity contribution >= 4 is 0 Å². The van der Waals surface area contributed by atoms with Gasteiger partial charge in [-0.25, -0.2) is 4.39 Å². The molecule has 2 aliphatic rings. The minimum Gasteiger partial charge on any atom is -0.314 e. The maximum Gasteiger partial charge on any atom is 0.123 e. The Kier molecular flexibility index (Phi) is 4.91. The molecular formula is C18H27FN2. The quantitative estimate of drug-likeness (QED) is 0.858. The van der Waals surface area contributed by atoms with Crippen LogP contribution in [0.2, 0.25) is 0 Å². The Labute approximate surface area is 127 Å². The molecule has 0 spiro atoms. The molecule has 2 fully saturated rings. The number of rotatable bonds is 6. The maximum atomic E-state index is 13.1. The van der Waals surface area contributed by atoms with Crippen molar-refractivity contribution in [1.29, 1.82) is 0 Å². The largest absolute Gasteiger partial charge is 0.314 e. The minimum absolute atomic E-state index is 0.142. The van der Waals surface area contributed by atoms with Crippen LogP contribution in [-0.4, -0.2) is 30.6 Å². The first-order chi connectivity index (χ1) is 10.3. The Morgan fingerprint density at radius 3 is 2.38 bits per heavy atom. The highest BCUT2D eigenvalue weighted by atomic mass is 19.1. The van der Waals surface area contributed by atoms with E-state index in [9.17, 15) is 4.39 Å². The second kappa shape index (κ2) is 6.89. The molecule has 1 N–H and O–H groups in total. The normalized spacial score (nSPS) is 22.4. The van der Waals surface area contributed by atoms with Gasteiger partial charge in [0.25, 0.3) is 0 Å². The summed E-state index contributed by atoms with van der Waals surface area (Å²) in [5.74, 6) is 0.822. The average molecular weight is 290 g/mol. The molecule has 1 aromatic carbocycles. The van der Waals surface area contributed by atoms with E-state index in [-0.39, 0.29) is 5.82 Å². The average Bonchev–Trinajstić information content (AvgIpc) is 3.33. The van der Waals surface area contributed by atoms with E-state index in [2.05, 4.69) is 17.1 Å². The van der Waals surface area contributed by atoms with E-state index in [4.69, 9.17) is 0 Å². The van der Waals surface area contributed by atoms with Crippen LogP contribution in [0.4, 0.5) is 4.39 Å². The SMILES string of the molecule is CCC(c1ccc(F)cc1)N1CCC(NCC2CC2)CC1. The molecule has 0 bridgehead atoms. The molecule has 3 heteroatoms. The van der Waals surface area contributed by atoms with Crippen LogP contribution in [0.1, 0.15) is 50.6 Å². The van der Waals surface area contributed by atoms with Gasteiger partial charge in [-0.2, -0.15) is 0 Å². The monoisotopic (exact) mass is 290 g/mol. The molecule has 1 aromatic rings. The van der Waals surface area contributed by atoms with Crippen molar-refractivity contribution in [2.24, 2.45) is 5.92 Å². The summed E-state index contributed by atoms with van der Waals surface area (Å²) < 4.78 is 13.1. The fourth-order valence-corrected chi connectivity index (χ4v) is 3.46. The Bertz CT molecular complexity index is 433. The van der Waals surface area contributed by atoms with Gasteiger partial charge in [-0.05, 0) is 62.3 Å². The number of piperidine rings is 1. The molecule has 1 atom stereocenters. The highest BCUT2D eigenvalue weighted by Crippen LogP contribution is 2.30. The topological polar surface area (TPSA) is 15.3 Å². The second-order valence-electron chi connectivity index (χ2n) is 6.64. The molecule has 116 valence electrons. The van der Waals surface area contributed by atoms with E-state index in [1.807, 2.05) is 12.1 Å². The minimum atomic E-state index is -0.142. The number of likely N-dealkylation sites (tertiary alicyclic amines) is 1. The van der Waals surface area contributed by atoms with Gasteiger partial charge in [0.15, 0.2) is 0 Å².